The number of benzene rings is 1. The maximum Gasteiger partial charge on any atom is 0.267 e. The Labute approximate surface area is 143 Å². The average Bonchev–Trinajstić information content (AvgIpc) is 2.86. The quantitative estimate of drug-likeness (QED) is 0.659. The van der Waals surface area contributed by atoms with Crippen LogP contribution in [-0.2, 0) is 12.8 Å². The summed E-state index contributed by atoms with van der Waals surface area (Å²) in [6.45, 7) is 4.28. The van der Waals surface area contributed by atoms with Crippen LogP contribution in [0.3, 0.4) is 0 Å². The molecule has 2 aromatic heterocycles. The van der Waals surface area contributed by atoms with E-state index in [0.29, 0.717) is 10.7 Å². The summed E-state index contributed by atoms with van der Waals surface area (Å²) in [4.78, 5) is 18.8. The van der Waals surface area contributed by atoms with Crippen LogP contribution in [0.1, 0.15) is 29.3 Å². The molecule has 0 saturated carbocycles. The number of H-pyrrole nitrogens is 1. The van der Waals surface area contributed by atoms with E-state index in [0.717, 1.165) is 40.7 Å². The second kappa shape index (κ2) is 5.42. The summed E-state index contributed by atoms with van der Waals surface area (Å²) in [5.41, 5.74) is 3.17. The number of para-hydroxylation sites is 1. The highest BCUT2D eigenvalue weighted by Gasteiger charge is 2.23. The lowest BCUT2D eigenvalue weighted by Gasteiger charge is -2.17. The summed E-state index contributed by atoms with van der Waals surface area (Å²) in [5.74, 6) is 0.692. The highest BCUT2D eigenvalue weighted by molar-refractivity contribution is 7.71. The Hall–Kier alpha value is -1.72. The molecule has 1 aromatic carbocycles. The smallest absolute Gasteiger partial charge is 0.267 e. The molecule has 1 atom stereocenters. The van der Waals surface area contributed by atoms with Crippen molar-refractivity contribution in [1.82, 2.24) is 9.55 Å². The van der Waals surface area contributed by atoms with Crippen LogP contribution < -0.4 is 5.56 Å². The van der Waals surface area contributed by atoms with Crippen molar-refractivity contribution in [3.63, 3.8) is 0 Å². The van der Waals surface area contributed by atoms with Crippen LogP contribution in [0.15, 0.2) is 29.1 Å². The van der Waals surface area contributed by atoms with E-state index in [9.17, 15) is 4.79 Å². The molecule has 1 aliphatic carbocycles. The topological polar surface area (TPSA) is 37.8 Å². The second-order valence-electron chi connectivity index (χ2n) is 6.41. The van der Waals surface area contributed by atoms with Gasteiger partial charge in [0.25, 0.3) is 5.56 Å². The molecule has 0 aliphatic heterocycles. The molecular weight excluding hydrogens is 324 g/mol. The van der Waals surface area contributed by atoms with Gasteiger partial charge in [0.1, 0.15) is 4.83 Å². The summed E-state index contributed by atoms with van der Waals surface area (Å²) in [5, 5.41) is 0.841. The number of thiophene rings is 1. The number of nitrogens with zero attached hydrogens (tertiary/aromatic N) is 1. The molecule has 118 valence electrons. The third kappa shape index (κ3) is 2.30. The molecule has 0 amide bonds. The van der Waals surface area contributed by atoms with Crippen molar-refractivity contribution in [1.29, 1.82) is 0 Å². The third-order valence-electron chi connectivity index (χ3n) is 4.71. The van der Waals surface area contributed by atoms with Gasteiger partial charge in [0.2, 0.25) is 0 Å². The largest absolute Gasteiger partial charge is 0.323 e. The van der Waals surface area contributed by atoms with E-state index in [2.05, 4.69) is 11.9 Å². The Morgan fingerprint density at radius 1 is 1.35 bits per heavy atom. The van der Waals surface area contributed by atoms with Crippen molar-refractivity contribution >= 4 is 33.8 Å². The summed E-state index contributed by atoms with van der Waals surface area (Å²) < 4.78 is 2.13. The van der Waals surface area contributed by atoms with Gasteiger partial charge < -0.3 is 4.98 Å². The molecule has 0 fully saturated rings. The number of aromatic nitrogens is 2. The molecule has 2 heterocycles. The van der Waals surface area contributed by atoms with E-state index in [1.807, 2.05) is 31.2 Å². The van der Waals surface area contributed by atoms with E-state index in [-0.39, 0.29) is 5.56 Å². The fourth-order valence-corrected chi connectivity index (χ4v) is 5.21. The van der Waals surface area contributed by atoms with Crippen LogP contribution >= 0.6 is 23.6 Å². The first-order chi connectivity index (χ1) is 11.1. The molecular formula is C18H18N2OS2. The summed E-state index contributed by atoms with van der Waals surface area (Å²) in [6.07, 6.45) is 3.21. The molecule has 0 spiro atoms. The maximum atomic E-state index is 13.2. The first-order valence-corrected chi connectivity index (χ1v) is 9.14. The molecule has 4 rings (SSSR count). The summed E-state index contributed by atoms with van der Waals surface area (Å²) >= 11 is 7.19. The van der Waals surface area contributed by atoms with E-state index in [1.165, 1.54) is 10.4 Å². The van der Waals surface area contributed by atoms with Crippen molar-refractivity contribution in [2.24, 2.45) is 5.92 Å². The average molecular weight is 342 g/mol. The van der Waals surface area contributed by atoms with Crippen molar-refractivity contribution in [2.45, 2.75) is 33.1 Å². The minimum absolute atomic E-state index is 0.0186. The van der Waals surface area contributed by atoms with Crippen molar-refractivity contribution < 1.29 is 0 Å². The Kier molecular flexibility index (Phi) is 3.50. The molecule has 0 unspecified atom stereocenters. The lowest BCUT2D eigenvalue weighted by molar-refractivity contribution is 0.509. The van der Waals surface area contributed by atoms with Crippen LogP contribution in [0.5, 0.6) is 0 Å². The number of hydrogen-bond acceptors (Lipinski definition) is 3. The number of fused-ring (bicyclic) bond motifs is 3. The maximum absolute atomic E-state index is 13.2. The highest BCUT2D eigenvalue weighted by atomic mass is 32.1. The van der Waals surface area contributed by atoms with Gasteiger partial charge in [-0.25, -0.2) is 0 Å². The Bertz CT molecular complexity index is 1030. The second-order valence-corrected chi connectivity index (χ2v) is 7.90. The van der Waals surface area contributed by atoms with Crippen LogP contribution in [0.2, 0.25) is 0 Å². The van der Waals surface area contributed by atoms with Crippen molar-refractivity contribution in [3.05, 3.63) is 55.4 Å². The zero-order valence-corrected chi connectivity index (χ0v) is 14.8. The first-order valence-electron chi connectivity index (χ1n) is 7.92. The first kappa shape index (κ1) is 14.8. The van der Waals surface area contributed by atoms with Crippen LogP contribution in [-0.4, -0.2) is 9.55 Å². The zero-order valence-electron chi connectivity index (χ0n) is 13.2. The lowest BCUT2D eigenvalue weighted by Crippen LogP contribution is -2.22. The molecule has 3 nitrogen and oxygen atoms in total. The number of hydrogen-bond donors (Lipinski definition) is 1. The van der Waals surface area contributed by atoms with Gasteiger partial charge in [0.15, 0.2) is 4.77 Å². The van der Waals surface area contributed by atoms with E-state index in [4.69, 9.17) is 12.2 Å². The fraction of sp³-hybridized carbons (Fsp3) is 0.333. The third-order valence-corrected chi connectivity index (χ3v) is 6.16. The number of aryl methyl sites for hydroxylation is 2. The molecule has 1 aliphatic rings. The molecule has 3 aromatic rings. The van der Waals surface area contributed by atoms with Crippen molar-refractivity contribution in [2.75, 3.05) is 0 Å². The van der Waals surface area contributed by atoms with Gasteiger partial charge in [-0.2, -0.15) is 0 Å². The number of rotatable bonds is 1. The van der Waals surface area contributed by atoms with Gasteiger partial charge in [0, 0.05) is 4.88 Å². The molecule has 1 N–H and O–H groups in total. The molecule has 0 saturated heterocycles. The Balaban J connectivity index is 2.07. The van der Waals surface area contributed by atoms with E-state index in [1.54, 1.807) is 15.9 Å². The van der Waals surface area contributed by atoms with Crippen molar-refractivity contribution in [3.8, 4) is 5.69 Å². The van der Waals surface area contributed by atoms with Crippen LogP contribution in [0.4, 0.5) is 0 Å². The van der Waals surface area contributed by atoms with Gasteiger partial charge >= 0.3 is 0 Å². The minimum atomic E-state index is 0.0186. The predicted molar refractivity (Wildman–Crippen MR) is 98.5 cm³/mol. The van der Waals surface area contributed by atoms with E-state index >= 15 is 0 Å². The fourth-order valence-electron chi connectivity index (χ4n) is 3.46. The minimum Gasteiger partial charge on any atom is -0.323 e. The van der Waals surface area contributed by atoms with Gasteiger partial charge in [-0.1, -0.05) is 25.1 Å². The summed E-state index contributed by atoms with van der Waals surface area (Å²) in [7, 11) is 0. The predicted octanol–water partition coefficient (Wildman–Crippen LogP) is 4.54. The van der Waals surface area contributed by atoms with Gasteiger partial charge in [-0.3, -0.25) is 9.36 Å². The molecule has 0 radical (unpaired) electrons. The lowest BCUT2D eigenvalue weighted by atomic mass is 9.89. The Morgan fingerprint density at radius 3 is 2.91 bits per heavy atom. The number of aromatic amines is 1. The Morgan fingerprint density at radius 2 is 2.13 bits per heavy atom. The van der Waals surface area contributed by atoms with Crippen LogP contribution in [0.25, 0.3) is 15.9 Å². The van der Waals surface area contributed by atoms with E-state index < -0.39 is 0 Å². The molecule has 5 heteroatoms. The highest BCUT2D eigenvalue weighted by Crippen LogP contribution is 2.35. The van der Waals surface area contributed by atoms with Crippen LogP contribution in [0, 0.1) is 17.6 Å². The van der Waals surface area contributed by atoms with Gasteiger partial charge in [-0.15, -0.1) is 11.3 Å². The zero-order chi connectivity index (χ0) is 16.1. The normalized spacial score (nSPS) is 17.4. The van der Waals surface area contributed by atoms with Gasteiger partial charge in [-0.05, 0) is 61.5 Å². The molecule has 0 bridgehead atoms. The monoisotopic (exact) mass is 342 g/mol. The SMILES string of the molecule is Cc1ccccc1-n1c(=S)[nH]c2sc3c(c2c1=O)CC[C@H](C)C3. The van der Waals surface area contributed by atoms with Gasteiger partial charge in [0.05, 0.1) is 11.1 Å². The standard InChI is InChI=1S/C18H18N2OS2/c1-10-7-8-12-14(9-10)23-16-15(12)17(21)20(18(22)19-16)13-6-4-3-5-11(13)2/h3-6,10H,7-9H2,1-2H3,(H,19,22)/t10-/m0/s1. The summed E-state index contributed by atoms with van der Waals surface area (Å²) in [6, 6.07) is 7.88. The number of nitrogens with one attached hydrogen (secondary N) is 1. The molecule has 23 heavy (non-hydrogen) atoms.